The first-order valence-electron chi connectivity index (χ1n) is 6.81. The van der Waals surface area contributed by atoms with Crippen LogP contribution in [0.5, 0.6) is 5.75 Å². The molecule has 0 saturated carbocycles. The Morgan fingerprint density at radius 3 is 2.18 bits per heavy atom. The number of benzene rings is 1. The Morgan fingerprint density at radius 2 is 1.64 bits per heavy atom. The molecule has 0 spiro atoms. The van der Waals surface area contributed by atoms with Crippen molar-refractivity contribution in [3.63, 3.8) is 0 Å². The van der Waals surface area contributed by atoms with Crippen molar-refractivity contribution in [1.82, 2.24) is 15.6 Å². The maximum absolute atomic E-state index is 11.9. The van der Waals surface area contributed by atoms with E-state index in [9.17, 15) is 9.59 Å². The number of hydrogen-bond donors (Lipinski definition) is 2. The highest BCUT2D eigenvalue weighted by Crippen LogP contribution is 2.10. The van der Waals surface area contributed by atoms with E-state index in [4.69, 9.17) is 4.74 Å². The third kappa shape index (κ3) is 4.31. The zero-order valence-corrected chi connectivity index (χ0v) is 12.2. The molecule has 2 rings (SSSR count). The lowest BCUT2D eigenvalue weighted by Gasteiger charge is -2.07. The van der Waals surface area contributed by atoms with Crippen molar-refractivity contribution in [3.8, 4) is 5.75 Å². The van der Waals surface area contributed by atoms with Crippen LogP contribution in [0.2, 0.25) is 0 Å². The Hall–Kier alpha value is -2.89. The first-order valence-corrected chi connectivity index (χ1v) is 6.81. The summed E-state index contributed by atoms with van der Waals surface area (Å²) in [6.45, 7) is 0.687. The van der Waals surface area contributed by atoms with Crippen LogP contribution in [0.1, 0.15) is 20.7 Å². The van der Waals surface area contributed by atoms with Crippen LogP contribution in [0.25, 0.3) is 0 Å². The smallest absolute Gasteiger partial charge is 0.252 e. The molecular formula is C16H17N3O3. The molecule has 0 unspecified atom stereocenters. The number of hydrogen-bond acceptors (Lipinski definition) is 4. The van der Waals surface area contributed by atoms with Crippen molar-refractivity contribution in [3.05, 3.63) is 59.9 Å². The molecule has 2 N–H and O–H groups in total. The zero-order valence-electron chi connectivity index (χ0n) is 12.2. The maximum Gasteiger partial charge on any atom is 0.252 e. The van der Waals surface area contributed by atoms with Gasteiger partial charge in [-0.1, -0.05) is 0 Å². The Bertz CT molecular complexity index is 627. The van der Waals surface area contributed by atoms with Crippen molar-refractivity contribution in [2.75, 3.05) is 20.2 Å². The van der Waals surface area contributed by atoms with E-state index >= 15 is 0 Å². The standard InChI is InChI=1S/C16H17N3O3/c1-22-14-6-4-12(5-7-14)15(20)18-9-10-19-16(21)13-3-2-8-17-11-13/h2-8,11H,9-10H2,1H3,(H,18,20)(H,19,21). The number of carbonyl (C=O) groups excluding carboxylic acids is 2. The lowest BCUT2D eigenvalue weighted by atomic mass is 10.2. The SMILES string of the molecule is COc1ccc(C(=O)NCCNC(=O)c2cccnc2)cc1. The molecule has 0 aliphatic carbocycles. The molecule has 22 heavy (non-hydrogen) atoms. The average molecular weight is 299 g/mol. The topological polar surface area (TPSA) is 80.3 Å². The van der Waals surface area contributed by atoms with E-state index in [1.54, 1.807) is 49.7 Å². The summed E-state index contributed by atoms with van der Waals surface area (Å²) < 4.78 is 5.03. The van der Waals surface area contributed by atoms with Gasteiger partial charge in [0.2, 0.25) is 0 Å². The number of ether oxygens (including phenoxy) is 1. The molecule has 0 saturated heterocycles. The summed E-state index contributed by atoms with van der Waals surface area (Å²) in [5, 5.41) is 5.44. The molecule has 6 nitrogen and oxygen atoms in total. The molecule has 0 fully saturated rings. The van der Waals surface area contributed by atoms with Gasteiger partial charge in [0.1, 0.15) is 5.75 Å². The lowest BCUT2D eigenvalue weighted by Crippen LogP contribution is -2.34. The van der Waals surface area contributed by atoms with Crippen LogP contribution in [0, 0.1) is 0 Å². The van der Waals surface area contributed by atoms with Crippen LogP contribution in [-0.2, 0) is 0 Å². The maximum atomic E-state index is 11.9. The summed E-state index contributed by atoms with van der Waals surface area (Å²) >= 11 is 0. The number of nitrogens with one attached hydrogen (secondary N) is 2. The fourth-order valence-electron chi connectivity index (χ4n) is 1.80. The molecule has 2 amide bonds. The number of nitrogens with zero attached hydrogens (tertiary/aromatic N) is 1. The third-order valence-electron chi connectivity index (χ3n) is 2.97. The van der Waals surface area contributed by atoms with E-state index in [-0.39, 0.29) is 11.8 Å². The Balaban J connectivity index is 1.74. The highest BCUT2D eigenvalue weighted by molar-refractivity contribution is 5.95. The van der Waals surface area contributed by atoms with E-state index in [2.05, 4.69) is 15.6 Å². The van der Waals surface area contributed by atoms with Gasteiger partial charge in [0, 0.05) is 31.0 Å². The zero-order chi connectivity index (χ0) is 15.8. The largest absolute Gasteiger partial charge is 0.497 e. The molecule has 0 aliphatic rings. The number of pyridine rings is 1. The quantitative estimate of drug-likeness (QED) is 0.787. The molecule has 2 aromatic rings. The minimum atomic E-state index is -0.216. The van der Waals surface area contributed by atoms with Crippen molar-refractivity contribution >= 4 is 11.8 Å². The lowest BCUT2D eigenvalue weighted by molar-refractivity contribution is 0.0927. The molecule has 114 valence electrons. The van der Waals surface area contributed by atoms with E-state index in [0.29, 0.717) is 30.0 Å². The minimum Gasteiger partial charge on any atom is -0.497 e. The molecule has 1 heterocycles. The van der Waals surface area contributed by atoms with Crippen LogP contribution in [-0.4, -0.2) is 37.0 Å². The van der Waals surface area contributed by atoms with Gasteiger partial charge in [-0.15, -0.1) is 0 Å². The predicted octanol–water partition coefficient (Wildman–Crippen LogP) is 1.25. The van der Waals surface area contributed by atoms with Gasteiger partial charge in [-0.3, -0.25) is 14.6 Å². The molecule has 0 atom stereocenters. The van der Waals surface area contributed by atoms with Gasteiger partial charge in [0.25, 0.3) is 11.8 Å². The molecule has 0 aliphatic heterocycles. The van der Waals surface area contributed by atoms with Gasteiger partial charge in [0.05, 0.1) is 12.7 Å². The van der Waals surface area contributed by atoms with Gasteiger partial charge in [0.15, 0.2) is 0 Å². The second-order valence-corrected chi connectivity index (χ2v) is 4.48. The van der Waals surface area contributed by atoms with Gasteiger partial charge >= 0.3 is 0 Å². The molecule has 0 radical (unpaired) electrons. The van der Waals surface area contributed by atoms with E-state index < -0.39 is 0 Å². The fourth-order valence-corrected chi connectivity index (χ4v) is 1.80. The Morgan fingerprint density at radius 1 is 1.00 bits per heavy atom. The Kier molecular flexibility index (Phi) is 5.48. The van der Waals surface area contributed by atoms with E-state index in [1.165, 1.54) is 6.20 Å². The highest BCUT2D eigenvalue weighted by atomic mass is 16.5. The van der Waals surface area contributed by atoms with Crippen LogP contribution in [0.15, 0.2) is 48.8 Å². The van der Waals surface area contributed by atoms with Crippen LogP contribution >= 0.6 is 0 Å². The van der Waals surface area contributed by atoms with Crippen molar-refractivity contribution in [2.24, 2.45) is 0 Å². The monoisotopic (exact) mass is 299 g/mol. The molecule has 1 aromatic heterocycles. The van der Waals surface area contributed by atoms with Crippen molar-refractivity contribution < 1.29 is 14.3 Å². The molecule has 1 aromatic carbocycles. The summed E-state index contributed by atoms with van der Waals surface area (Å²) in [5.41, 5.74) is 1.03. The summed E-state index contributed by atoms with van der Waals surface area (Å²) in [6.07, 6.45) is 3.09. The first kappa shape index (κ1) is 15.5. The van der Waals surface area contributed by atoms with Crippen LogP contribution in [0.3, 0.4) is 0 Å². The fraction of sp³-hybridized carbons (Fsp3) is 0.188. The average Bonchev–Trinajstić information content (AvgIpc) is 2.59. The number of methoxy groups -OCH3 is 1. The van der Waals surface area contributed by atoms with Crippen LogP contribution < -0.4 is 15.4 Å². The number of carbonyl (C=O) groups is 2. The van der Waals surface area contributed by atoms with Crippen LogP contribution in [0.4, 0.5) is 0 Å². The predicted molar refractivity (Wildman–Crippen MR) is 81.9 cm³/mol. The van der Waals surface area contributed by atoms with Gasteiger partial charge in [-0.2, -0.15) is 0 Å². The summed E-state index contributed by atoms with van der Waals surface area (Å²) in [7, 11) is 1.57. The van der Waals surface area contributed by atoms with Gasteiger partial charge in [-0.25, -0.2) is 0 Å². The first-order chi connectivity index (χ1) is 10.7. The second kappa shape index (κ2) is 7.78. The molecular weight excluding hydrogens is 282 g/mol. The van der Waals surface area contributed by atoms with Gasteiger partial charge < -0.3 is 15.4 Å². The Labute approximate surface area is 128 Å². The second-order valence-electron chi connectivity index (χ2n) is 4.48. The normalized spacial score (nSPS) is 9.86. The van der Waals surface area contributed by atoms with Crippen molar-refractivity contribution in [1.29, 1.82) is 0 Å². The summed E-state index contributed by atoms with van der Waals surface area (Å²) in [4.78, 5) is 27.5. The summed E-state index contributed by atoms with van der Waals surface area (Å²) in [6, 6.07) is 10.2. The van der Waals surface area contributed by atoms with Gasteiger partial charge in [-0.05, 0) is 36.4 Å². The number of rotatable bonds is 6. The van der Waals surface area contributed by atoms with Crippen molar-refractivity contribution in [2.45, 2.75) is 0 Å². The number of amides is 2. The third-order valence-corrected chi connectivity index (χ3v) is 2.97. The number of aromatic nitrogens is 1. The minimum absolute atomic E-state index is 0.196. The highest BCUT2D eigenvalue weighted by Gasteiger charge is 2.06. The molecule has 0 bridgehead atoms. The van der Waals surface area contributed by atoms with E-state index in [1.807, 2.05) is 0 Å². The molecule has 6 heteroatoms. The van der Waals surface area contributed by atoms with E-state index in [0.717, 1.165) is 0 Å². The summed E-state index contributed by atoms with van der Waals surface area (Å²) in [5.74, 6) is 0.283.